The topological polar surface area (TPSA) is 133 Å². The number of non-ortho nitro benzene ring substituents is 1. The Hall–Kier alpha value is -4.86. The lowest BCUT2D eigenvalue weighted by atomic mass is 10.2. The van der Waals surface area contributed by atoms with Crippen LogP contribution in [0.5, 0.6) is 11.5 Å². The Morgan fingerprint density at radius 1 is 0.906 bits per heavy atom. The second-order valence-electron chi connectivity index (χ2n) is 6.60. The molecule has 0 radical (unpaired) electrons. The third kappa shape index (κ3) is 4.65. The number of rotatable bonds is 7. The van der Waals surface area contributed by atoms with E-state index in [-0.39, 0.29) is 11.4 Å². The standard InChI is InChI=1S/C22H15N5O5/c28-26(29)17-8-11-21(20(13-17)27(30)31)32-18-9-5-15(6-10-18)14-23-25-22-12-7-16-3-1-2-4-19(16)24-22/h1-14H,(H,24,25)/b23-14-. The largest absolute Gasteiger partial charge is 0.450 e. The highest BCUT2D eigenvalue weighted by atomic mass is 16.6. The van der Waals surface area contributed by atoms with Gasteiger partial charge in [-0.2, -0.15) is 5.10 Å². The summed E-state index contributed by atoms with van der Waals surface area (Å²) in [6, 6.07) is 21.4. The van der Waals surface area contributed by atoms with E-state index in [1.54, 1.807) is 30.5 Å². The molecule has 4 aromatic rings. The Morgan fingerprint density at radius 3 is 2.44 bits per heavy atom. The zero-order valence-corrected chi connectivity index (χ0v) is 16.4. The molecule has 3 aromatic carbocycles. The molecule has 158 valence electrons. The summed E-state index contributed by atoms with van der Waals surface area (Å²) in [6.45, 7) is 0. The van der Waals surface area contributed by atoms with Crippen molar-refractivity contribution in [3.05, 3.63) is 105 Å². The van der Waals surface area contributed by atoms with E-state index < -0.39 is 15.5 Å². The van der Waals surface area contributed by atoms with Gasteiger partial charge >= 0.3 is 5.69 Å². The normalized spacial score (nSPS) is 10.9. The lowest BCUT2D eigenvalue weighted by molar-refractivity contribution is -0.394. The molecule has 0 aliphatic carbocycles. The van der Waals surface area contributed by atoms with Crippen molar-refractivity contribution in [1.29, 1.82) is 0 Å². The second-order valence-corrected chi connectivity index (χ2v) is 6.60. The number of nitrogens with zero attached hydrogens (tertiary/aromatic N) is 4. The first-order valence-corrected chi connectivity index (χ1v) is 9.35. The number of nitro benzene ring substituents is 2. The van der Waals surface area contributed by atoms with Crippen molar-refractivity contribution in [2.45, 2.75) is 0 Å². The summed E-state index contributed by atoms with van der Waals surface area (Å²) in [6.07, 6.45) is 1.59. The average molecular weight is 429 g/mol. The van der Waals surface area contributed by atoms with Crippen molar-refractivity contribution in [2.75, 3.05) is 5.43 Å². The molecule has 0 amide bonds. The first kappa shape index (κ1) is 20.4. The molecular weight excluding hydrogens is 414 g/mol. The van der Waals surface area contributed by atoms with Gasteiger partial charge in [-0.15, -0.1) is 0 Å². The van der Waals surface area contributed by atoms with Crippen molar-refractivity contribution in [1.82, 2.24) is 4.98 Å². The summed E-state index contributed by atoms with van der Waals surface area (Å²) in [5, 5.41) is 27.3. The molecule has 1 heterocycles. The van der Waals surface area contributed by atoms with Gasteiger partial charge in [0.2, 0.25) is 5.75 Å². The predicted molar refractivity (Wildman–Crippen MR) is 119 cm³/mol. The lowest BCUT2D eigenvalue weighted by Gasteiger charge is -2.06. The zero-order valence-electron chi connectivity index (χ0n) is 16.4. The Morgan fingerprint density at radius 2 is 1.69 bits per heavy atom. The molecule has 0 saturated heterocycles. The number of hydrazone groups is 1. The van der Waals surface area contributed by atoms with Crippen molar-refractivity contribution in [3.8, 4) is 11.5 Å². The van der Waals surface area contributed by atoms with Crippen molar-refractivity contribution < 1.29 is 14.6 Å². The minimum atomic E-state index is -0.726. The van der Waals surface area contributed by atoms with Crippen LogP contribution in [-0.4, -0.2) is 21.0 Å². The van der Waals surface area contributed by atoms with Gasteiger partial charge in [0.1, 0.15) is 11.6 Å². The molecular formula is C22H15N5O5. The van der Waals surface area contributed by atoms with Crippen molar-refractivity contribution in [2.24, 2.45) is 5.10 Å². The van der Waals surface area contributed by atoms with Crippen LogP contribution in [0.1, 0.15) is 5.56 Å². The molecule has 10 nitrogen and oxygen atoms in total. The monoisotopic (exact) mass is 429 g/mol. The first-order chi connectivity index (χ1) is 15.5. The van der Waals surface area contributed by atoms with Gasteiger partial charge in [0.25, 0.3) is 5.69 Å². The maximum absolute atomic E-state index is 11.2. The second kappa shape index (κ2) is 8.88. The number of para-hydroxylation sites is 1. The molecule has 0 saturated carbocycles. The van der Waals surface area contributed by atoms with Crippen molar-refractivity contribution in [3.63, 3.8) is 0 Å². The summed E-state index contributed by atoms with van der Waals surface area (Å²) < 4.78 is 5.54. The molecule has 0 aliphatic rings. The number of hydrogen-bond acceptors (Lipinski definition) is 8. The summed E-state index contributed by atoms with van der Waals surface area (Å²) >= 11 is 0. The minimum Gasteiger partial charge on any atom is -0.450 e. The highest BCUT2D eigenvalue weighted by molar-refractivity contribution is 5.82. The Bertz CT molecular complexity index is 1340. The molecule has 32 heavy (non-hydrogen) atoms. The van der Waals surface area contributed by atoms with E-state index in [1.165, 1.54) is 6.07 Å². The molecule has 0 atom stereocenters. The summed E-state index contributed by atoms with van der Waals surface area (Å²) in [7, 11) is 0. The fourth-order valence-electron chi connectivity index (χ4n) is 2.90. The van der Waals surface area contributed by atoms with Gasteiger partial charge in [0.15, 0.2) is 0 Å². The predicted octanol–water partition coefficient (Wildman–Crippen LogP) is 5.29. The molecule has 0 fully saturated rings. The van der Waals surface area contributed by atoms with Gasteiger partial charge in [-0.25, -0.2) is 4.98 Å². The van der Waals surface area contributed by atoms with Crippen LogP contribution < -0.4 is 10.2 Å². The van der Waals surface area contributed by atoms with E-state index in [1.807, 2.05) is 36.4 Å². The van der Waals surface area contributed by atoms with Gasteiger partial charge in [-0.1, -0.05) is 18.2 Å². The van der Waals surface area contributed by atoms with E-state index in [9.17, 15) is 20.2 Å². The van der Waals surface area contributed by atoms with Gasteiger partial charge < -0.3 is 4.74 Å². The van der Waals surface area contributed by atoms with Crippen LogP contribution in [0.15, 0.2) is 84.0 Å². The lowest BCUT2D eigenvalue weighted by Crippen LogP contribution is -1.96. The molecule has 0 spiro atoms. The SMILES string of the molecule is O=[N+]([O-])c1ccc(Oc2ccc(/C=N\Nc3ccc4ccccc4n3)cc2)c([N+](=O)[O-])c1. The Labute approximate surface area is 181 Å². The van der Waals surface area contributed by atoms with Gasteiger partial charge in [-0.05, 0) is 54.1 Å². The number of pyridine rings is 1. The number of nitro groups is 2. The minimum absolute atomic E-state index is 0.0916. The third-order valence-electron chi connectivity index (χ3n) is 4.45. The summed E-state index contributed by atoms with van der Waals surface area (Å²) in [4.78, 5) is 25.1. The van der Waals surface area contributed by atoms with Gasteiger partial charge in [0, 0.05) is 11.5 Å². The van der Waals surface area contributed by atoms with E-state index in [2.05, 4.69) is 15.5 Å². The quantitative estimate of drug-likeness (QED) is 0.240. The number of anilines is 1. The van der Waals surface area contributed by atoms with Crippen LogP contribution in [-0.2, 0) is 0 Å². The van der Waals surface area contributed by atoms with E-state index in [4.69, 9.17) is 4.74 Å². The summed E-state index contributed by atoms with van der Waals surface area (Å²) in [5.41, 5.74) is 3.61. The van der Waals surface area contributed by atoms with Crippen LogP contribution in [0.4, 0.5) is 17.2 Å². The average Bonchev–Trinajstić information content (AvgIpc) is 2.80. The highest BCUT2D eigenvalue weighted by Crippen LogP contribution is 2.34. The van der Waals surface area contributed by atoms with Crippen molar-refractivity contribution >= 4 is 34.3 Å². The first-order valence-electron chi connectivity index (χ1n) is 9.35. The number of ether oxygens (including phenoxy) is 1. The number of benzene rings is 3. The maximum atomic E-state index is 11.2. The van der Waals surface area contributed by atoms with E-state index in [0.29, 0.717) is 11.6 Å². The Balaban J connectivity index is 1.44. The number of aromatic nitrogens is 1. The van der Waals surface area contributed by atoms with E-state index >= 15 is 0 Å². The summed E-state index contributed by atoms with van der Waals surface area (Å²) in [5.74, 6) is 0.847. The highest BCUT2D eigenvalue weighted by Gasteiger charge is 2.21. The van der Waals surface area contributed by atoms with Gasteiger partial charge in [0.05, 0.1) is 27.6 Å². The Kier molecular flexibility index (Phi) is 5.66. The zero-order chi connectivity index (χ0) is 22.5. The van der Waals surface area contributed by atoms with Crippen LogP contribution in [0.3, 0.4) is 0 Å². The third-order valence-corrected chi connectivity index (χ3v) is 4.45. The molecule has 0 bridgehead atoms. The fraction of sp³-hybridized carbons (Fsp3) is 0. The molecule has 0 unspecified atom stereocenters. The molecule has 0 aliphatic heterocycles. The molecule has 4 rings (SSSR count). The molecule has 1 aromatic heterocycles. The van der Waals surface area contributed by atoms with Crippen LogP contribution >= 0.6 is 0 Å². The van der Waals surface area contributed by atoms with Crippen LogP contribution in [0, 0.1) is 20.2 Å². The van der Waals surface area contributed by atoms with Crippen LogP contribution in [0.25, 0.3) is 10.9 Å². The smallest absolute Gasteiger partial charge is 0.318 e. The maximum Gasteiger partial charge on any atom is 0.318 e. The van der Waals surface area contributed by atoms with E-state index in [0.717, 1.165) is 28.6 Å². The number of fused-ring (bicyclic) bond motifs is 1. The van der Waals surface area contributed by atoms with Gasteiger partial charge in [-0.3, -0.25) is 25.7 Å². The molecule has 1 N–H and O–H groups in total. The fourth-order valence-corrected chi connectivity index (χ4v) is 2.90. The van der Waals surface area contributed by atoms with Crippen LogP contribution in [0.2, 0.25) is 0 Å². The molecule has 10 heteroatoms. The number of hydrogen-bond donors (Lipinski definition) is 1. The number of nitrogens with one attached hydrogen (secondary N) is 1.